The van der Waals surface area contributed by atoms with Crippen molar-refractivity contribution in [2.24, 2.45) is 0 Å². The van der Waals surface area contributed by atoms with E-state index in [2.05, 4.69) is 5.32 Å². The van der Waals surface area contributed by atoms with Gasteiger partial charge in [-0.25, -0.2) is 4.79 Å². The molecule has 0 spiro atoms. The van der Waals surface area contributed by atoms with E-state index in [9.17, 15) is 9.59 Å². The molecular formula is C13H15NO5. The van der Waals surface area contributed by atoms with Crippen molar-refractivity contribution in [2.45, 2.75) is 25.8 Å². The standard InChI is InChI=1S/C13H15NO5/c1-2-3-9(13(16)17)14-12(15)8-4-5-10-11(6-8)19-7-18-10/h4-6,9H,2-3,7H2,1H3,(H,14,15)(H,16,17). The van der Waals surface area contributed by atoms with E-state index in [1.807, 2.05) is 6.92 Å². The number of carbonyl (C=O) groups excluding carboxylic acids is 1. The van der Waals surface area contributed by atoms with Crippen LogP contribution in [-0.2, 0) is 4.79 Å². The van der Waals surface area contributed by atoms with Crippen LogP contribution in [0.1, 0.15) is 30.1 Å². The van der Waals surface area contributed by atoms with Crippen molar-refractivity contribution in [1.29, 1.82) is 0 Å². The smallest absolute Gasteiger partial charge is 0.326 e. The van der Waals surface area contributed by atoms with Crippen LogP contribution in [0.4, 0.5) is 0 Å². The number of hydrogen-bond donors (Lipinski definition) is 2. The van der Waals surface area contributed by atoms with Gasteiger partial charge in [-0.05, 0) is 24.6 Å². The molecule has 0 radical (unpaired) electrons. The molecule has 0 bridgehead atoms. The summed E-state index contributed by atoms with van der Waals surface area (Å²) in [4.78, 5) is 22.9. The quantitative estimate of drug-likeness (QED) is 0.840. The predicted octanol–water partition coefficient (Wildman–Crippen LogP) is 1.40. The highest BCUT2D eigenvalue weighted by atomic mass is 16.7. The number of carbonyl (C=O) groups is 2. The monoisotopic (exact) mass is 265 g/mol. The first-order valence-corrected chi connectivity index (χ1v) is 6.05. The number of carboxylic acid groups (broad SMARTS) is 1. The number of fused-ring (bicyclic) bond motifs is 1. The molecule has 1 amide bonds. The minimum Gasteiger partial charge on any atom is -0.480 e. The summed E-state index contributed by atoms with van der Waals surface area (Å²) in [6.45, 7) is 2.00. The molecule has 19 heavy (non-hydrogen) atoms. The third kappa shape index (κ3) is 2.96. The third-order valence-electron chi connectivity index (χ3n) is 2.82. The topological polar surface area (TPSA) is 84.9 Å². The number of carboxylic acids is 1. The average Bonchev–Trinajstić information content (AvgIpc) is 2.85. The van der Waals surface area contributed by atoms with Gasteiger partial charge in [-0.3, -0.25) is 4.79 Å². The lowest BCUT2D eigenvalue weighted by Crippen LogP contribution is -2.40. The van der Waals surface area contributed by atoms with E-state index >= 15 is 0 Å². The molecule has 1 aromatic rings. The van der Waals surface area contributed by atoms with Crippen molar-refractivity contribution in [1.82, 2.24) is 5.32 Å². The Morgan fingerprint density at radius 1 is 1.37 bits per heavy atom. The highest BCUT2D eigenvalue weighted by Crippen LogP contribution is 2.32. The molecule has 2 rings (SSSR count). The van der Waals surface area contributed by atoms with E-state index in [0.29, 0.717) is 29.9 Å². The highest BCUT2D eigenvalue weighted by molar-refractivity contribution is 5.97. The van der Waals surface area contributed by atoms with E-state index in [1.54, 1.807) is 18.2 Å². The lowest BCUT2D eigenvalue weighted by molar-refractivity contribution is -0.139. The fraction of sp³-hybridized carbons (Fsp3) is 0.385. The lowest BCUT2D eigenvalue weighted by Gasteiger charge is -2.13. The second-order valence-electron chi connectivity index (χ2n) is 4.22. The van der Waals surface area contributed by atoms with E-state index in [-0.39, 0.29) is 6.79 Å². The van der Waals surface area contributed by atoms with Crippen molar-refractivity contribution in [2.75, 3.05) is 6.79 Å². The predicted molar refractivity (Wildman–Crippen MR) is 66.4 cm³/mol. The fourth-order valence-electron chi connectivity index (χ4n) is 1.83. The molecule has 1 aliphatic rings. The number of ether oxygens (including phenoxy) is 2. The van der Waals surface area contributed by atoms with E-state index < -0.39 is 17.9 Å². The van der Waals surface area contributed by atoms with E-state index in [4.69, 9.17) is 14.6 Å². The van der Waals surface area contributed by atoms with Crippen LogP contribution in [-0.4, -0.2) is 29.8 Å². The summed E-state index contributed by atoms with van der Waals surface area (Å²) in [5, 5.41) is 11.5. The summed E-state index contributed by atoms with van der Waals surface area (Å²) in [6, 6.07) is 3.88. The van der Waals surface area contributed by atoms with Crippen LogP contribution < -0.4 is 14.8 Å². The molecule has 1 aliphatic heterocycles. The Balaban J connectivity index is 2.09. The molecule has 0 fully saturated rings. The van der Waals surface area contributed by atoms with Crippen LogP contribution in [0.15, 0.2) is 18.2 Å². The van der Waals surface area contributed by atoms with Crippen LogP contribution in [0.3, 0.4) is 0 Å². The van der Waals surface area contributed by atoms with Crippen LogP contribution in [0.2, 0.25) is 0 Å². The van der Waals surface area contributed by atoms with Crippen LogP contribution in [0.5, 0.6) is 11.5 Å². The summed E-state index contributed by atoms with van der Waals surface area (Å²) in [5.74, 6) is -0.384. The van der Waals surface area contributed by atoms with Gasteiger partial charge in [0, 0.05) is 5.56 Å². The molecular weight excluding hydrogens is 250 g/mol. The van der Waals surface area contributed by atoms with Gasteiger partial charge >= 0.3 is 5.97 Å². The summed E-state index contributed by atoms with van der Waals surface area (Å²) in [5.41, 5.74) is 0.353. The summed E-state index contributed by atoms with van der Waals surface area (Å²) < 4.78 is 10.3. The molecule has 1 heterocycles. The Bertz CT molecular complexity index is 500. The van der Waals surface area contributed by atoms with E-state index in [1.165, 1.54) is 0 Å². The molecule has 6 nitrogen and oxygen atoms in total. The number of hydrogen-bond acceptors (Lipinski definition) is 4. The second kappa shape index (κ2) is 5.60. The fourth-order valence-corrected chi connectivity index (χ4v) is 1.83. The first-order chi connectivity index (χ1) is 9.11. The molecule has 1 aromatic carbocycles. The van der Waals surface area contributed by atoms with Crippen molar-refractivity contribution in [3.8, 4) is 11.5 Å². The third-order valence-corrected chi connectivity index (χ3v) is 2.82. The highest BCUT2D eigenvalue weighted by Gasteiger charge is 2.21. The van der Waals surface area contributed by atoms with Gasteiger partial charge in [0.25, 0.3) is 5.91 Å². The average molecular weight is 265 g/mol. The van der Waals surface area contributed by atoms with Gasteiger partial charge in [0.1, 0.15) is 6.04 Å². The van der Waals surface area contributed by atoms with Gasteiger partial charge in [0.05, 0.1) is 0 Å². The maximum Gasteiger partial charge on any atom is 0.326 e. The van der Waals surface area contributed by atoms with Crippen LogP contribution in [0.25, 0.3) is 0 Å². The van der Waals surface area contributed by atoms with Crippen molar-refractivity contribution < 1.29 is 24.2 Å². The molecule has 1 atom stereocenters. The number of aliphatic carboxylic acids is 1. The summed E-state index contributed by atoms with van der Waals surface area (Å²) >= 11 is 0. The Morgan fingerprint density at radius 2 is 2.11 bits per heavy atom. The van der Waals surface area contributed by atoms with Gasteiger partial charge < -0.3 is 19.9 Å². The molecule has 0 saturated heterocycles. The molecule has 6 heteroatoms. The van der Waals surface area contributed by atoms with Crippen LogP contribution in [0, 0.1) is 0 Å². The van der Waals surface area contributed by atoms with Crippen molar-refractivity contribution in [3.63, 3.8) is 0 Å². The summed E-state index contributed by atoms with van der Waals surface area (Å²) in [6.07, 6.45) is 1.07. The largest absolute Gasteiger partial charge is 0.480 e. The molecule has 102 valence electrons. The normalized spacial score (nSPS) is 13.9. The first-order valence-electron chi connectivity index (χ1n) is 6.05. The van der Waals surface area contributed by atoms with Gasteiger partial charge in [-0.1, -0.05) is 13.3 Å². The zero-order chi connectivity index (χ0) is 13.8. The Hall–Kier alpha value is -2.24. The van der Waals surface area contributed by atoms with E-state index in [0.717, 1.165) is 0 Å². The molecule has 0 saturated carbocycles. The molecule has 0 aromatic heterocycles. The number of nitrogens with one attached hydrogen (secondary N) is 1. The molecule has 2 N–H and O–H groups in total. The number of amides is 1. The Labute approximate surface area is 110 Å². The van der Waals surface area contributed by atoms with Crippen molar-refractivity contribution >= 4 is 11.9 Å². The van der Waals surface area contributed by atoms with Gasteiger partial charge in [0.2, 0.25) is 6.79 Å². The number of benzene rings is 1. The maximum absolute atomic E-state index is 12.0. The van der Waals surface area contributed by atoms with Gasteiger partial charge in [-0.2, -0.15) is 0 Å². The number of rotatable bonds is 5. The Kier molecular flexibility index (Phi) is 3.89. The summed E-state index contributed by atoms with van der Waals surface area (Å²) in [7, 11) is 0. The minimum atomic E-state index is -1.03. The second-order valence-corrected chi connectivity index (χ2v) is 4.22. The van der Waals surface area contributed by atoms with Gasteiger partial charge in [0.15, 0.2) is 11.5 Å². The maximum atomic E-state index is 12.0. The van der Waals surface area contributed by atoms with Crippen molar-refractivity contribution in [3.05, 3.63) is 23.8 Å². The lowest BCUT2D eigenvalue weighted by atomic mass is 10.1. The zero-order valence-electron chi connectivity index (χ0n) is 10.5. The molecule has 0 aliphatic carbocycles. The molecule has 1 unspecified atom stereocenters. The minimum absolute atomic E-state index is 0.133. The SMILES string of the molecule is CCCC(NC(=O)c1ccc2c(c1)OCO2)C(=O)O. The van der Waals surface area contributed by atoms with Gasteiger partial charge in [-0.15, -0.1) is 0 Å². The Morgan fingerprint density at radius 3 is 2.79 bits per heavy atom. The first kappa shape index (κ1) is 13.2. The van der Waals surface area contributed by atoms with Crippen LogP contribution >= 0.6 is 0 Å². The zero-order valence-corrected chi connectivity index (χ0v) is 10.5.